The molecule has 1 aliphatic rings. The molecule has 2 aromatic heterocycles. The Hall–Kier alpha value is -2.32. The number of carbonyl (C=O) groups excluding carboxylic acids is 1. The maximum atomic E-state index is 11.5. The number of imidazole rings is 1. The van der Waals surface area contributed by atoms with Crippen LogP contribution in [0.15, 0.2) is 30.5 Å². The first-order valence-corrected chi connectivity index (χ1v) is 9.04. The van der Waals surface area contributed by atoms with Crippen LogP contribution in [0.1, 0.15) is 0 Å². The third-order valence-corrected chi connectivity index (χ3v) is 5.34. The van der Waals surface area contributed by atoms with Crippen LogP contribution in [0.2, 0.25) is 5.02 Å². The number of hydrogen-bond donors (Lipinski definition) is 0. The Morgan fingerprint density at radius 2 is 2.16 bits per heavy atom. The fraction of sp³-hybridized carbons (Fsp3) is 0.312. The fourth-order valence-electron chi connectivity index (χ4n) is 2.60. The van der Waals surface area contributed by atoms with Gasteiger partial charge < -0.3 is 14.5 Å². The van der Waals surface area contributed by atoms with Gasteiger partial charge in [-0.05, 0) is 12.1 Å². The number of nitrogens with zero attached hydrogens (tertiary/aromatic N) is 5. The van der Waals surface area contributed by atoms with Crippen molar-refractivity contribution in [1.82, 2.24) is 19.5 Å². The van der Waals surface area contributed by atoms with E-state index in [0.29, 0.717) is 31.3 Å². The van der Waals surface area contributed by atoms with Crippen molar-refractivity contribution in [3.63, 3.8) is 0 Å². The lowest BCUT2D eigenvalue weighted by Crippen LogP contribution is -2.33. The molecule has 0 atom stereocenters. The molecule has 1 saturated heterocycles. The van der Waals surface area contributed by atoms with Crippen LogP contribution in [0, 0.1) is 0 Å². The summed E-state index contributed by atoms with van der Waals surface area (Å²) >= 11 is 7.44. The van der Waals surface area contributed by atoms with Crippen molar-refractivity contribution in [2.24, 2.45) is 0 Å². The molecule has 130 valence electrons. The molecule has 3 heterocycles. The number of hydrogen-bond acceptors (Lipinski definition) is 6. The number of cyclic esters (lactones) is 1. The first kappa shape index (κ1) is 16.2. The van der Waals surface area contributed by atoms with E-state index >= 15 is 0 Å². The largest absolute Gasteiger partial charge is 0.448 e. The van der Waals surface area contributed by atoms with Crippen molar-refractivity contribution in [2.75, 3.05) is 38.2 Å². The van der Waals surface area contributed by atoms with Gasteiger partial charge in [0.15, 0.2) is 0 Å². The van der Waals surface area contributed by atoms with Gasteiger partial charge >= 0.3 is 6.09 Å². The Morgan fingerprint density at radius 1 is 1.36 bits per heavy atom. The summed E-state index contributed by atoms with van der Waals surface area (Å²) in [4.78, 5) is 20.6. The minimum atomic E-state index is -0.241. The lowest BCUT2D eigenvalue weighted by Gasteiger charge is -2.19. The van der Waals surface area contributed by atoms with E-state index in [-0.39, 0.29) is 6.09 Å². The van der Waals surface area contributed by atoms with Gasteiger partial charge in [0.2, 0.25) is 10.1 Å². The van der Waals surface area contributed by atoms with Crippen molar-refractivity contribution in [3.8, 4) is 11.3 Å². The second kappa shape index (κ2) is 6.53. The van der Waals surface area contributed by atoms with Crippen LogP contribution in [0.25, 0.3) is 16.2 Å². The molecule has 1 aromatic carbocycles. The number of anilines is 1. The zero-order valence-electron chi connectivity index (χ0n) is 13.6. The first-order chi connectivity index (χ1) is 12.1. The number of carbonyl (C=O) groups is 1. The molecule has 0 unspecified atom stereocenters. The van der Waals surface area contributed by atoms with E-state index in [2.05, 4.69) is 10.1 Å². The lowest BCUT2D eigenvalue weighted by molar-refractivity contribution is 0.159. The van der Waals surface area contributed by atoms with Crippen LogP contribution in [0.4, 0.5) is 9.93 Å². The summed E-state index contributed by atoms with van der Waals surface area (Å²) < 4.78 is 6.72. The number of aromatic nitrogens is 3. The third kappa shape index (κ3) is 3.27. The van der Waals surface area contributed by atoms with E-state index < -0.39 is 0 Å². The number of fused-ring (bicyclic) bond motifs is 1. The second-order valence-electron chi connectivity index (χ2n) is 5.77. The zero-order valence-corrected chi connectivity index (χ0v) is 15.1. The van der Waals surface area contributed by atoms with Gasteiger partial charge in [0.1, 0.15) is 6.61 Å². The molecule has 0 aliphatic carbocycles. The van der Waals surface area contributed by atoms with E-state index in [1.165, 1.54) is 11.3 Å². The van der Waals surface area contributed by atoms with Gasteiger partial charge in [0, 0.05) is 30.7 Å². The van der Waals surface area contributed by atoms with Crippen LogP contribution in [0.3, 0.4) is 0 Å². The van der Waals surface area contributed by atoms with Crippen molar-refractivity contribution in [3.05, 3.63) is 35.5 Å². The molecule has 4 rings (SSSR count). The predicted molar refractivity (Wildman–Crippen MR) is 97.5 cm³/mol. The molecule has 7 nitrogen and oxygen atoms in total. The molecule has 1 amide bonds. The number of halogens is 1. The summed E-state index contributed by atoms with van der Waals surface area (Å²) in [5.41, 5.74) is 1.87. The molecule has 0 bridgehead atoms. The van der Waals surface area contributed by atoms with Gasteiger partial charge in [-0.1, -0.05) is 35.1 Å². The molecule has 1 fully saturated rings. The molecule has 0 radical (unpaired) electrons. The lowest BCUT2D eigenvalue weighted by atomic mass is 10.2. The molecule has 25 heavy (non-hydrogen) atoms. The van der Waals surface area contributed by atoms with Gasteiger partial charge in [-0.2, -0.15) is 0 Å². The van der Waals surface area contributed by atoms with Crippen molar-refractivity contribution in [1.29, 1.82) is 0 Å². The van der Waals surface area contributed by atoms with Gasteiger partial charge in [-0.25, -0.2) is 14.3 Å². The minimum Gasteiger partial charge on any atom is -0.448 e. The summed E-state index contributed by atoms with van der Waals surface area (Å²) in [6.45, 7) is 2.43. The quantitative estimate of drug-likeness (QED) is 0.684. The van der Waals surface area contributed by atoms with Crippen LogP contribution in [-0.4, -0.2) is 58.9 Å². The second-order valence-corrected chi connectivity index (χ2v) is 7.14. The smallest absolute Gasteiger partial charge is 0.409 e. The highest BCUT2D eigenvalue weighted by Crippen LogP contribution is 2.26. The highest BCUT2D eigenvalue weighted by atomic mass is 35.5. The molecule has 0 N–H and O–H groups in total. The summed E-state index contributed by atoms with van der Waals surface area (Å²) in [7, 11) is 1.96. The maximum absolute atomic E-state index is 11.5. The van der Waals surface area contributed by atoms with Gasteiger partial charge in [0.05, 0.1) is 18.4 Å². The maximum Gasteiger partial charge on any atom is 0.409 e. The van der Waals surface area contributed by atoms with Crippen LogP contribution < -0.4 is 4.90 Å². The van der Waals surface area contributed by atoms with Crippen molar-refractivity contribution < 1.29 is 9.53 Å². The Morgan fingerprint density at radius 3 is 2.84 bits per heavy atom. The predicted octanol–water partition coefficient (Wildman–Crippen LogP) is 3.00. The standard InChI is InChI=1S/C16H16ClN5O2S/c1-20(6-7-21-8-9-24-16(21)23)15-19-22-10-13(18-14(22)25-15)11-2-4-12(17)5-3-11/h2-5,10H,6-9H2,1H3. The van der Waals surface area contributed by atoms with E-state index in [0.717, 1.165) is 21.3 Å². The van der Waals surface area contributed by atoms with E-state index in [1.807, 2.05) is 42.4 Å². The van der Waals surface area contributed by atoms with Crippen LogP contribution in [0.5, 0.6) is 0 Å². The molecule has 3 aromatic rings. The Bertz CT molecular complexity index is 876. The normalized spacial score (nSPS) is 14.3. The number of ether oxygens (including phenoxy) is 1. The average Bonchev–Trinajstić information content (AvgIpc) is 3.28. The monoisotopic (exact) mass is 377 g/mol. The fourth-order valence-corrected chi connectivity index (χ4v) is 3.60. The summed E-state index contributed by atoms with van der Waals surface area (Å²) in [6.07, 6.45) is 1.67. The first-order valence-electron chi connectivity index (χ1n) is 7.85. The minimum absolute atomic E-state index is 0.241. The Kier molecular flexibility index (Phi) is 4.22. The SMILES string of the molecule is CN(CCN1CCOC1=O)c1nn2cc(-c3ccc(Cl)cc3)nc2s1. The number of likely N-dealkylation sites (N-methyl/N-ethyl adjacent to an activating group) is 1. The molecular weight excluding hydrogens is 362 g/mol. The topological polar surface area (TPSA) is 63.0 Å². The van der Waals surface area contributed by atoms with Crippen molar-refractivity contribution >= 4 is 39.1 Å². The highest BCUT2D eigenvalue weighted by Gasteiger charge is 2.22. The molecular formula is C16H16ClN5O2S. The van der Waals surface area contributed by atoms with Crippen molar-refractivity contribution in [2.45, 2.75) is 0 Å². The number of amides is 1. The molecule has 9 heteroatoms. The number of benzene rings is 1. The summed E-state index contributed by atoms with van der Waals surface area (Å²) in [6, 6.07) is 7.58. The third-order valence-electron chi connectivity index (χ3n) is 4.05. The van der Waals surface area contributed by atoms with Gasteiger partial charge in [-0.3, -0.25) is 0 Å². The van der Waals surface area contributed by atoms with E-state index in [1.54, 1.807) is 9.42 Å². The van der Waals surface area contributed by atoms with Gasteiger partial charge in [0.25, 0.3) is 0 Å². The average molecular weight is 378 g/mol. The molecule has 0 saturated carbocycles. The Labute approximate surface area is 153 Å². The molecule has 0 spiro atoms. The van der Waals surface area contributed by atoms with E-state index in [9.17, 15) is 4.79 Å². The zero-order chi connectivity index (χ0) is 17.4. The Balaban J connectivity index is 1.47. The van der Waals surface area contributed by atoms with Gasteiger partial charge in [-0.15, -0.1) is 5.10 Å². The highest BCUT2D eigenvalue weighted by molar-refractivity contribution is 7.20. The van der Waals surface area contributed by atoms with Crippen LogP contribution in [-0.2, 0) is 4.74 Å². The summed E-state index contributed by atoms with van der Waals surface area (Å²) in [5.74, 6) is 0. The number of rotatable bonds is 5. The van der Waals surface area contributed by atoms with E-state index in [4.69, 9.17) is 16.3 Å². The summed E-state index contributed by atoms with van der Waals surface area (Å²) in [5, 5.41) is 6.14. The molecule has 1 aliphatic heterocycles. The van der Waals surface area contributed by atoms with Crippen LogP contribution >= 0.6 is 22.9 Å².